The van der Waals surface area contributed by atoms with Crippen molar-refractivity contribution in [3.05, 3.63) is 83.4 Å². The fourth-order valence-electron chi connectivity index (χ4n) is 5.85. The van der Waals surface area contributed by atoms with E-state index in [2.05, 4.69) is 52.7 Å². The van der Waals surface area contributed by atoms with Crippen LogP contribution in [-0.2, 0) is 6.54 Å². The normalized spacial score (nSPS) is 20.0. The molecule has 0 unspecified atom stereocenters. The van der Waals surface area contributed by atoms with Gasteiger partial charge in [0, 0.05) is 75.4 Å². The molecule has 206 valence electrons. The number of carbonyl (C=O) groups is 1. The van der Waals surface area contributed by atoms with Gasteiger partial charge < -0.3 is 25.5 Å². The van der Waals surface area contributed by atoms with Crippen molar-refractivity contribution in [1.29, 1.82) is 0 Å². The Morgan fingerprint density at radius 1 is 1.05 bits per heavy atom. The Balaban J connectivity index is 1.08. The minimum Gasteiger partial charge on any atom is -0.393 e. The molecule has 3 aromatic rings. The van der Waals surface area contributed by atoms with Gasteiger partial charge in [-0.1, -0.05) is 6.07 Å². The van der Waals surface area contributed by atoms with E-state index in [-0.39, 0.29) is 12.0 Å². The number of likely N-dealkylation sites (tertiary alicyclic amines) is 1. The summed E-state index contributed by atoms with van der Waals surface area (Å²) in [7, 11) is 0. The van der Waals surface area contributed by atoms with Gasteiger partial charge in [-0.15, -0.1) is 0 Å². The highest BCUT2D eigenvalue weighted by molar-refractivity contribution is 6.06. The zero-order valence-electron chi connectivity index (χ0n) is 22.4. The first-order valence-electron chi connectivity index (χ1n) is 14.1. The highest BCUT2D eigenvalue weighted by atomic mass is 16.3. The topological polar surface area (TPSA) is 112 Å². The third kappa shape index (κ3) is 5.13. The van der Waals surface area contributed by atoms with Crippen LogP contribution in [0.15, 0.2) is 72.1 Å². The van der Waals surface area contributed by atoms with Crippen molar-refractivity contribution < 1.29 is 9.90 Å². The van der Waals surface area contributed by atoms with Gasteiger partial charge in [0.1, 0.15) is 0 Å². The standard InChI is InChI=1S/C30H34N8O2/c39-24-5-9-36(10-6-24)17-20-13-22(16-32-15-20)21-1-3-26-25(14-21)29(35-34-26)30(40)33-23-2-4-27(28-19-38(28)18-23)37-11-7-31-8-12-37/h1-4,13-16,18,24,31,39H,5-12,17,19H2,(H,33,40)(H,34,35). The molecule has 4 N–H and O–H groups in total. The summed E-state index contributed by atoms with van der Waals surface area (Å²) < 4.78 is 0. The second-order valence-electron chi connectivity index (χ2n) is 11.0. The summed E-state index contributed by atoms with van der Waals surface area (Å²) in [4.78, 5) is 24.8. The van der Waals surface area contributed by atoms with E-state index < -0.39 is 0 Å². The fourth-order valence-corrected chi connectivity index (χ4v) is 5.85. The van der Waals surface area contributed by atoms with Gasteiger partial charge in [-0.05, 0) is 54.3 Å². The molecular weight excluding hydrogens is 504 g/mol. The van der Waals surface area contributed by atoms with Crippen molar-refractivity contribution in [3.63, 3.8) is 0 Å². The van der Waals surface area contributed by atoms with Crippen LogP contribution in [0.3, 0.4) is 0 Å². The number of benzene rings is 1. The van der Waals surface area contributed by atoms with Crippen LogP contribution >= 0.6 is 0 Å². The SMILES string of the molecule is O=C(NC1=CN2CC2=C(N2CCNCC2)C=C1)c1n[nH]c2ccc(-c3cncc(CN4CCC(O)CC4)c3)cc12. The monoisotopic (exact) mass is 538 g/mol. The van der Waals surface area contributed by atoms with E-state index in [9.17, 15) is 9.90 Å². The maximum absolute atomic E-state index is 13.4. The van der Waals surface area contributed by atoms with Crippen LogP contribution in [0.2, 0.25) is 0 Å². The molecule has 7 rings (SSSR count). The van der Waals surface area contributed by atoms with Crippen molar-refractivity contribution in [3.8, 4) is 11.1 Å². The zero-order valence-corrected chi connectivity index (χ0v) is 22.4. The predicted molar refractivity (Wildman–Crippen MR) is 153 cm³/mol. The van der Waals surface area contributed by atoms with Crippen molar-refractivity contribution >= 4 is 16.8 Å². The van der Waals surface area contributed by atoms with E-state index in [0.29, 0.717) is 5.69 Å². The largest absolute Gasteiger partial charge is 0.393 e. The van der Waals surface area contributed by atoms with E-state index in [1.54, 1.807) is 0 Å². The van der Waals surface area contributed by atoms with Gasteiger partial charge in [-0.25, -0.2) is 0 Å². The van der Waals surface area contributed by atoms with Crippen molar-refractivity contribution in [1.82, 2.24) is 40.5 Å². The van der Waals surface area contributed by atoms with Crippen LogP contribution in [0.25, 0.3) is 22.0 Å². The molecule has 4 aliphatic heterocycles. The third-order valence-electron chi connectivity index (χ3n) is 8.16. The number of amides is 1. The molecule has 0 radical (unpaired) electrons. The van der Waals surface area contributed by atoms with Crippen molar-refractivity contribution in [2.45, 2.75) is 25.5 Å². The lowest BCUT2D eigenvalue weighted by Crippen LogP contribution is -2.42. The number of piperidine rings is 1. The lowest BCUT2D eigenvalue weighted by Gasteiger charge is -2.30. The van der Waals surface area contributed by atoms with Gasteiger partial charge in [-0.2, -0.15) is 5.10 Å². The minimum absolute atomic E-state index is 0.182. The lowest BCUT2D eigenvalue weighted by atomic mass is 10.0. The Morgan fingerprint density at radius 2 is 1.90 bits per heavy atom. The molecule has 0 bridgehead atoms. The number of carbonyl (C=O) groups excluding carboxylic acids is 1. The van der Waals surface area contributed by atoms with Crippen LogP contribution < -0.4 is 10.6 Å². The second kappa shape index (κ2) is 10.5. The van der Waals surface area contributed by atoms with E-state index in [1.807, 2.05) is 42.9 Å². The maximum atomic E-state index is 13.4. The Kier molecular flexibility index (Phi) is 6.58. The first-order chi connectivity index (χ1) is 19.6. The number of nitrogens with zero attached hydrogens (tertiary/aromatic N) is 5. The maximum Gasteiger partial charge on any atom is 0.276 e. The van der Waals surface area contributed by atoms with E-state index in [1.165, 1.54) is 11.4 Å². The molecule has 4 aliphatic rings. The number of fused-ring (bicyclic) bond motifs is 2. The molecule has 0 atom stereocenters. The number of rotatable bonds is 6. The molecule has 0 spiro atoms. The average Bonchev–Trinajstić information content (AvgIpc) is 3.63. The van der Waals surface area contributed by atoms with Gasteiger partial charge in [0.25, 0.3) is 5.91 Å². The smallest absolute Gasteiger partial charge is 0.276 e. The summed E-state index contributed by atoms with van der Waals surface area (Å²) in [5, 5.41) is 24.4. The van der Waals surface area contributed by atoms with Crippen LogP contribution in [0.4, 0.5) is 0 Å². The minimum atomic E-state index is -0.243. The van der Waals surface area contributed by atoms with E-state index in [0.717, 1.165) is 98.5 Å². The summed E-state index contributed by atoms with van der Waals surface area (Å²) >= 11 is 0. The van der Waals surface area contributed by atoms with Crippen molar-refractivity contribution in [2.75, 3.05) is 45.8 Å². The van der Waals surface area contributed by atoms with Gasteiger partial charge in [0.05, 0.1) is 35.3 Å². The molecule has 0 saturated carbocycles. The summed E-state index contributed by atoms with van der Waals surface area (Å²) in [6, 6.07) is 8.16. The number of allylic oxidation sites excluding steroid dienone is 2. The number of nitrogens with one attached hydrogen (secondary N) is 3. The number of piperazine rings is 1. The third-order valence-corrected chi connectivity index (χ3v) is 8.16. The van der Waals surface area contributed by atoms with Crippen LogP contribution in [0.1, 0.15) is 28.9 Å². The first-order valence-corrected chi connectivity index (χ1v) is 14.1. The second-order valence-corrected chi connectivity index (χ2v) is 11.0. The quantitative estimate of drug-likeness (QED) is 0.354. The molecule has 6 heterocycles. The summed E-state index contributed by atoms with van der Waals surface area (Å²) in [5.74, 6) is -0.243. The Hall–Kier alpha value is -3.99. The van der Waals surface area contributed by atoms with Gasteiger partial charge in [0.15, 0.2) is 5.69 Å². The molecule has 10 nitrogen and oxygen atoms in total. The molecule has 2 aromatic heterocycles. The Morgan fingerprint density at radius 3 is 2.75 bits per heavy atom. The van der Waals surface area contributed by atoms with Gasteiger partial charge in [0.2, 0.25) is 0 Å². The zero-order chi connectivity index (χ0) is 27.1. The average molecular weight is 539 g/mol. The number of pyridine rings is 1. The van der Waals surface area contributed by atoms with Gasteiger partial charge >= 0.3 is 0 Å². The number of hydrogen-bond donors (Lipinski definition) is 4. The number of aliphatic hydroxyl groups is 1. The molecule has 0 aliphatic carbocycles. The molecule has 3 saturated heterocycles. The summed E-state index contributed by atoms with van der Waals surface area (Å²) in [6.07, 6.45) is 11.3. The molecule has 10 heteroatoms. The highest BCUT2D eigenvalue weighted by Gasteiger charge is 2.32. The number of aliphatic hydroxyl groups excluding tert-OH is 1. The van der Waals surface area contributed by atoms with Crippen LogP contribution in [-0.4, -0.2) is 92.8 Å². The molecule has 3 fully saturated rings. The highest BCUT2D eigenvalue weighted by Crippen LogP contribution is 2.32. The molecule has 1 amide bonds. The summed E-state index contributed by atoms with van der Waals surface area (Å²) in [5.41, 5.74) is 7.59. The first kappa shape index (κ1) is 25.0. The number of aromatic nitrogens is 3. The van der Waals surface area contributed by atoms with E-state index >= 15 is 0 Å². The molecular formula is C30H34N8O2. The predicted octanol–water partition coefficient (Wildman–Crippen LogP) is 2.16. The van der Waals surface area contributed by atoms with Crippen molar-refractivity contribution in [2.24, 2.45) is 0 Å². The molecule has 40 heavy (non-hydrogen) atoms. The van der Waals surface area contributed by atoms with Gasteiger partial charge in [-0.3, -0.25) is 19.8 Å². The number of aromatic amines is 1. The van der Waals surface area contributed by atoms with Crippen LogP contribution in [0, 0.1) is 0 Å². The van der Waals surface area contributed by atoms with E-state index in [4.69, 9.17) is 0 Å². The number of H-pyrrole nitrogens is 1. The Bertz CT molecular complexity index is 1530. The summed E-state index contributed by atoms with van der Waals surface area (Å²) in [6.45, 7) is 7.43. The fraction of sp³-hybridized carbons (Fsp3) is 0.367. The lowest BCUT2D eigenvalue weighted by molar-refractivity contribution is 0.0792. The Labute approximate surface area is 233 Å². The molecule has 1 aromatic carbocycles. The number of hydrogen-bond acceptors (Lipinski definition) is 8. The van der Waals surface area contributed by atoms with Crippen LogP contribution in [0.5, 0.6) is 0 Å².